The molecule has 0 heterocycles. The lowest BCUT2D eigenvalue weighted by Crippen LogP contribution is -2.04. The van der Waals surface area contributed by atoms with E-state index in [-0.39, 0.29) is 4.90 Å². The number of nitrogens with two attached hydrogens (primary N) is 1. The predicted octanol–water partition coefficient (Wildman–Crippen LogP) is 0.789. The number of hydrogen-bond donors (Lipinski definition) is 2. The Morgan fingerprint density at radius 3 is 2.20 bits per heavy atom. The molecule has 0 amide bonds. The van der Waals surface area contributed by atoms with Crippen LogP contribution in [0.1, 0.15) is 0 Å². The highest BCUT2D eigenvalue weighted by atomic mass is 32.2. The summed E-state index contributed by atoms with van der Waals surface area (Å²) >= 11 is 0. The van der Waals surface area contributed by atoms with E-state index in [4.69, 9.17) is 10.6 Å². The molecule has 0 spiro atoms. The minimum absolute atomic E-state index is 0.215. The van der Waals surface area contributed by atoms with E-state index < -0.39 is 17.7 Å². The molecule has 1 rings (SSSR count). The van der Waals surface area contributed by atoms with E-state index in [1.165, 1.54) is 24.3 Å². The average Bonchev–Trinajstić information content (AvgIpc) is 2.00. The molecule has 3 N–H and O–H groups in total. The molecule has 8 heteroatoms. The van der Waals surface area contributed by atoms with Crippen molar-refractivity contribution < 1.29 is 21.8 Å². The summed E-state index contributed by atoms with van der Waals surface area (Å²) < 4.78 is 37.6. The third-order valence-electron chi connectivity index (χ3n) is 1.41. The van der Waals surface area contributed by atoms with Crippen LogP contribution in [0.15, 0.2) is 29.2 Å². The van der Waals surface area contributed by atoms with Crippen LogP contribution in [0, 0.1) is 0 Å². The van der Waals surface area contributed by atoms with Crippen LogP contribution >= 0.6 is 7.60 Å². The van der Waals surface area contributed by atoms with Gasteiger partial charge in [0, 0.05) is 12.4 Å². The molecule has 6 nitrogen and oxygen atoms in total. The molecule has 1 atom stereocenters. The molecule has 15 heavy (non-hydrogen) atoms. The Morgan fingerprint density at radius 2 is 1.80 bits per heavy atom. The molecule has 1 unspecified atom stereocenters. The van der Waals surface area contributed by atoms with Gasteiger partial charge in [0.05, 0.1) is 4.90 Å². The maximum absolute atomic E-state index is 11.4. The molecule has 0 aliphatic heterocycles. The molecular formula is C7H10NO5PS. The fourth-order valence-corrected chi connectivity index (χ4v) is 3.13. The monoisotopic (exact) mass is 251 g/mol. The molecular weight excluding hydrogens is 241 g/mol. The van der Waals surface area contributed by atoms with Gasteiger partial charge in [-0.1, -0.05) is 0 Å². The van der Waals surface area contributed by atoms with E-state index in [1.54, 1.807) is 0 Å². The van der Waals surface area contributed by atoms with Crippen molar-refractivity contribution in [3.05, 3.63) is 24.3 Å². The van der Waals surface area contributed by atoms with E-state index in [9.17, 15) is 13.0 Å². The summed E-state index contributed by atoms with van der Waals surface area (Å²) in [5.41, 5.74) is 5.74. The van der Waals surface area contributed by atoms with Crippen LogP contribution in [-0.4, -0.2) is 20.0 Å². The molecule has 1 aromatic carbocycles. The Balaban J connectivity index is 3.07. The Kier molecular flexibility index (Phi) is 3.20. The normalized spacial score (nSPS) is 15.9. The second kappa shape index (κ2) is 3.94. The summed E-state index contributed by atoms with van der Waals surface area (Å²) in [5, 5.41) is 0. The van der Waals surface area contributed by atoms with Gasteiger partial charge in [0.1, 0.15) is 0 Å². The SMILES string of the molecule is CP(=O)(O)OS(=O)(=O)c1ccc(N)cc1. The van der Waals surface area contributed by atoms with E-state index in [2.05, 4.69) is 3.97 Å². The molecule has 0 bridgehead atoms. The van der Waals surface area contributed by atoms with Crippen LogP contribution in [0.5, 0.6) is 0 Å². The number of anilines is 1. The van der Waals surface area contributed by atoms with Crippen molar-refractivity contribution in [2.24, 2.45) is 0 Å². The third-order valence-corrected chi connectivity index (χ3v) is 4.15. The number of rotatable bonds is 3. The third kappa shape index (κ3) is 3.64. The lowest BCUT2D eigenvalue weighted by Gasteiger charge is -2.07. The first kappa shape index (κ1) is 12.2. The fraction of sp³-hybridized carbons (Fsp3) is 0.143. The van der Waals surface area contributed by atoms with Gasteiger partial charge in [0.2, 0.25) is 0 Å². The van der Waals surface area contributed by atoms with E-state index in [0.717, 1.165) is 6.66 Å². The molecule has 0 aliphatic rings. The van der Waals surface area contributed by atoms with Crippen molar-refractivity contribution >= 4 is 23.4 Å². The summed E-state index contributed by atoms with van der Waals surface area (Å²) in [6, 6.07) is 5.10. The minimum atomic E-state index is -4.20. The van der Waals surface area contributed by atoms with Crippen molar-refractivity contribution in [3.8, 4) is 0 Å². The van der Waals surface area contributed by atoms with Gasteiger partial charge in [-0.15, -0.1) is 0 Å². The second-order valence-electron chi connectivity index (χ2n) is 2.90. The number of benzene rings is 1. The first-order valence-electron chi connectivity index (χ1n) is 3.83. The number of hydrogen-bond acceptors (Lipinski definition) is 5. The zero-order valence-electron chi connectivity index (χ0n) is 7.82. The summed E-state index contributed by atoms with van der Waals surface area (Å²) in [4.78, 5) is 8.58. The second-order valence-corrected chi connectivity index (χ2v) is 6.48. The first-order chi connectivity index (χ1) is 6.71. The van der Waals surface area contributed by atoms with Crippen LogP contribution in [-0.2, 0) is 18.7 Å². The van der Waals surface area contributed by atoms with Crippen LogP contribution in [0.25, 0.3) is 0 Å². The molecule has 0 aromatic heterocycles. The summed E-state index contributed by atoms with van der Waals surface area (Å²) in [6.45, 7) is 0.794. The van der Waals surface area contributed by atoms with E-state index in [0.29, 0.717) is 5.69 Å². The molecule has 0 fully saturated rings. The van der Waals surface area contributed by atoms with Crippen molar-refractivity contribution in [1.29, 1.82) is 0 Å². The molecule has 84 valence electrons. The Bertz CT molecular complexity index is 489. The maximum atomic E-state index is 11.4. The maximum Gasteiger partial charge on any atom is 0.339 e. The smallest absolute Gasteiger partial charge is 0.339 e. The van der Waals surface area contributed by atoms with Gasteiger partial charge < -0.3 is 10.6 Å². The minimum Gasteiger partial charge on any atom is -0.399 e. The van der Waals surface area contributed by atoms with Crippen LogP contribution in [0.3, 0.4) is 0 Å². The number of nitrogen functional groups attached to an aromatic ring is 1. The van der Waals surface area contributed by atoms with Gasteiger partial charge in [-0.25, -0.2) is 0 Å². The van der Waals surface area contributed by atoms with Gasteiger partial charge in [0.15, 0.2) is 0 Å². The average molecular weight is 251 g/mol. The summed E-state index contributed by atoms with van der Waals surface area (Å²) in [5.74, 6) is 0. The van der Waals surface area contributed by atoms with Gasteiger partial charge in [-0.2, -0.15) is 12.4 Å². The standard InChI is InChI=1S/C7H10NO5PS/c1-14(9,10)13-15(11,12)7-4-2-6(8)3-5-7/h2-5H,8H2,1H3,(H,9,10). The van der Waals surface area contributed by atoms with Gasteiger partial charge in [-0.3, -0.25) is 4.57 Å². The van der Waals surface area contributed by atoms with Crippen molar-refractivity contribution in [2.45, 2.75) is 4.90 Å². The molecule has 0 saturated heterocycles. The van der Waals surface area contributed by atoms with E-state index in [1.807, 2.05) is 0 Å². The van der Waals surface area contributed by atoms with Crippen molar-refractivity contribution in [2.75, 3.05) is 12.4 Å². The fourth-order valence-electron chi connectivity index (χ4n) is 0.860. The molecule has 0 aliphatic carbocycles. The van der Waals surface area contributed by atoms with Gasteiger partial charge in [-0.05, 0) is 24.3 Å². The Hall–Kier alpha value is -0.880. The topological polar surface area (TPSA) is 107 Å². The van der Waals surface area contributed by atoms with Crippen LogP contribution < -0.4 is 5.73 Å². The zero-order chi connectivity index (χ0) is 11.7. The molecule has 0 radical (unpaired) electrons. The molecule has 0 saturated carbocycles. The Labute approximate surface area is 87.3 Å². The lowest BCUT2D eigenvalue weighted by molar-refractivity contribution is 0.384. The van der Waals surface area contributed by atoms with Crippen LogP contribution in [0.2, 0.25) is 0 Å². The van der Waals surface area contributed by atoms with Crippen molar-refractivity contribution in [3.63, 3.8) is 0 Å². The quantitative estimate of drug-likeness (QED) is 0.607. The van der Waals surface area contributed by atoms with Crippen LogP contribution in [0.4, 0.5) is 5.69 Å². The Morgan fingerprint density at radius 1 is 1.33 bits per heavy atom. The largest absolute Gasteiger partial charge is 0.399 e. The zero-order valence-corrected chi connectivity index (χ0v) is 9.53. The molecule has 1 aromatic rings. The van der Waals surface area contributed by atoms with Gasteiger partial charge in [0.25, 0.3) is 0 Å². The highest BCUT2D eigenvalue weighted by Gasteiger charge is 2.24. The highest BCUT2D eigenvalue weighted by molar-refractivity contribution is 7.91. The van der Waals surface area contributed by atoms with Gasteiger partial charge >= 0.3 is 17.7 Å². The summed E-state index contributed by atoms with van der Waals surface area (Å²) in [7, 11) is -8.29. The summed E-state index contributed by atoms with van der Waals surface area (Å²) in [6.07, 6.45) is 0. The predicted molar refractivity (Wildman–Crippen MR) is 54.9 cm³/mol. The van der Waals surface area contributed by atoms with Crippen molar-refractivity contribution in [1.82, 2.24) is 0 Å². The first-order valence-corrected chi connectivity index (χ1v) is 7.26. The highest BCUT2D eigenvalue weighted by Crippen LogP contribution is 2.40. The lowest BCUT2D eigenvalue weighted by atomic mass is 10.3. The van der Waals surface area contributed by atoms with E-state index >= 15 is 0 Å².